The van der Waals surface area contributed by atoms with E-state index in [1.807, 2.05) is 6.07 Å². The number of hydrogen-bond donors (Lipinski definition) is 1. The highest BCUT2D eigenvalue weighted by atomic mass is 16.5. The largest absolute Gasteiger partial charge is 0.437 e. The molecule has 7 heteroatoms. The number of fused-ring (bicyclic) bond motifs is 1. The third-order valence-corrected chi connectivity index (χ3v) is 5.61. The lowest BCUT2D eigenvalue weighted by atomic mass is 10.0. The smallest absolute Gasteiger partial charge is 0.307 e. The molecule has 2 aromatic rings. The Balaban J connectivity index is 1.36. The second-order valence-electron chi connectivity index (χ2n) is 7.66. The second kappa shape index (κ2) is 8.43. The van der Waals surface area contributed by atoms with Gasteiger partial charge in [0.05, 0.1) is 18.4 Å². The van der Waals surface area contributed by atoms with Crippen LogP contribution in [0.1, 0.15) is 40.7 Å². The molecule has 2 aliphatic heterocycles. The molecule has 1 aromatic heterocycles. The lowest BCUT2D eigenvalue weighted by Gasteiger charge is -2.31. The molecule has 1 fully saturated rings. The van der Waals surface area contributed by atoms with Crippen molar-refractivity contribution in [1.82, 2.24) is 20.1 Å². The number of ether oxygens (including phenoxy) is 1. The van der Waals surface area contributed by atoms with Gasteiger partial charge in [-0.1, -0.05) is 30.3 Å². The minimum absolute atomic E-state index is 0.00880. The summed E-state index contributed by atoms with van der Waals surface area (Å²) in [6, 6.07) is 10.7. The van der Waals surface area contributed by atoms with Crippen LogP contribution in [0.2, 0.25) is 0 Å². The van der Waals surface area contributed by atoms with E-state index in [4.69, 9.17) is 9.15 Å². The van der Waals surface area contributed by atoms with Crippen molar-refractivity contribution in [3.63, 3.8) is 0 Å². The first-order chi connectivity index (χ1) is 13.6. The fraction of sp³-hybridized carbons (Fsp3) is 0.524. The number of hydrogen-bond acceptors (Lipinski definition) is 6. The number of nitrogens with zero attached hydrogens (tertiary/aromatic N) is 3. The number of morpholine rings is 1. The summed E-state index contributed by atoms with van der Waals surface area (Å²) in [5.74, 6) is 0.715. The molecule has 0 bridgehead atoms. The minimum atomic E-state index is -0.270. The topological polar surface area (TPSA) is 70.8 Å². The average molecular weight is 384 g/mol. The van der Waals surface area contributed by atoms with Crippen LogP contribution in [0, 0.1) is 0 Å². The van der Waals surface area contributed by atoms with Gasteiger partial charge in [0.25, 0.3) is 5.89 Å². The van der Waals surface area contributed by atoms with E-state index in [0.29, 0.717) is 25.7 Å². The Morgan fingerprint density at radius 2 is 2.14 bits per heavy atom. The van der Waals surface area contributed by atoms with Crippen molar-refractivity contribution < 1.29 is 13.9 Å². The molecule has 7 nitrogen and oxygen atoms in total. The number of carbonyl (C=O) groups excluding carboxylic acids is 1. The molecule has 1 aromatic carbocycles. The predicted molar refractivity (Wildman–Crippen MR) is 105 cm³/mol. The molecule has 150 valence electrons. The highest BCUT2D eigenvalue weighted by molar-refractivity contribution is 5.89. The molecule has 0 unspecified atom stereocenters. The second-order valence-corrected chi connectivity index (χ2v) is 7.66. The third-order valence-electron chi connectivity index (χ3n) is 5.61. The van der Waals surface area contributed by atoms with Gasteiger partial charge < -0.3 is 19.4 Å². The van der Waals surface area contributed by atoms with E-state index >= 15 is 0 Å². The summed E-state index contributed by atoms with van der Waals surface area (Å²) in [6.07, 6.45) is 0.776. The van der Waals surface area contributed by atoms with Gasteiger partial charge in [-0.05, 0) is 19.5 Å². The molecule has 1 N–H and O–H groups in total. The molecule has 0 saturated carbocycles. The zero-order valence-corrected chi connectivity index (χ0v) is 16.6. The highest BCUT2D eigenvalue weighted by Crippen LogP contribution is 2.27. The first-order valence-corrected chi connectivity index (χ1v) is 9.96. The summed E-state index contributed by atoms with van der Waals surface area (Å²) in [6.45, 7) is 6.69. The van der Waals surface area contributed by atoms with Gasteiger partial charge in [-0.2, -0.15) is 0 Å². The van der Waals surface area contributed by atoms with Crippen molar-refractivity contribution in [2.24, 2.45) is 0 Å². The van der Waals surface area contributed by atoms with Gasteiger partial charge in [0.1, 0.15) is 5.76 Å². The van der Waals surface area contributed by atoms with Crippen LogP contribution in [-0.2, 0) is 17.7 Å². The molecular weight excluding hydrogens is 356 g/mol. The molecule has 0 spiro atoms. The van der Waals surface area contributed by atoms with E-state index < -0.39 is 0 Å². The van der Waals surface area contributed by atoms with Crippen molar-refractivity contribution in [2.45, 2.75) is 32.0 Å². The molecule has 0 aliphatic carbocycles. The molecule has 4 rings (SSSR count). The predicted octanol–water partition coefficient (Wildman–Crippen LogP) is 1.85. The van der Waals surface area contributed by atoms with Gasteiger partial charge in [0, 0.05) is 45.2 Å². The van der Waals surface area contributed by atoms with Crippen molar-refractivity contribution in [2.75, 3.05) is 39.8 Å². The SMILES string of the molecule is C[C@@H](c1ccccc1)N1CCc2oc(C(=O)NC[C@H]3CN(C)CCO3)nc2C1. The number of oxazole rings is 1. The van der Waals surface area contributed by atoms with Crippen LogP contribution in [0.15, 0.2) is 34.7 Å². The first-order valence-electron chi connectivity index (χ1n) is 9.96. The Hall–Kier alpha value is -2.22. The zero-order chi connectivity index (χ0) is 19.5. The Bertz CT molecular complexity index is 807. The van der Waals surface area contributed by atoms with Crippen LogP contribution in [0.25, 0.3) is 0 Å². The summed E-state index contributed by atoms with van der Waals surface area (Å²) >= 11 is 0. The highest BCUT2D eigenvalue weighted by Gasteiger charge is 2.28. The quantitative estimate of drug-likeness (QED) is 0.848. The summed E-state index contributed by atoms with van der Waals surface area (Å²) < 4.78 is 11.4. The first kappa shape index (κ1) is 19.1. The van der Waals surface area contributed by atoms with Gasteiger partial charge >= 0.3 is 5.91 Å². The van der Waals surface area contributed by atoms with Crippen molar-refractivity contribution in [1.29, 1.82) is 0 Å². The number of benzene rings is 1. The number of amides is 1. The van der Waals surface area contributed by atoms with Crippen molar-refractivity contribution in [3.05, 3.63) is 53.2 Å². The van der Waals surface area contributed by atoms with Crippen LogP contribution in [0.5, 0.6) is 0 Å². The summed E-state index contributed by atoms with van der Waals surface area (Å²) in [5.41, 5.74) is 2.15. The van der Waals surface area contributed by atoms with Crippen LogP contribution in [-0.4, -0.2) is 66.6 Å². The average Bonchev–Trinajstić information content (AvgIpc) is 3.15. The molecule has 1 saturated heterocycles. The molecule has 2 aliphatic rings. The summed E-state index contributed by atoms with van der Waals surface area (Å²) in [4.78, 5) is 21.5. The van der Waals surface area contributed by atoms with Gasteiger partial charge in [0.15, 0.2) is 0 Å². The normalized spacial score (nSPS) is 21.9. The van der Waals surface area contributed by atoms with Crippen LogP contribution in [0.3, 0.4) is 0 Å². The number of carbonyl (C=O) groups is 1. The van der Waals surface area contributed by atoms with Gasteiger partial charge in [-0.15, -0.1) is 0 Å². The van der Waals surface area contributed by atoms with Crippen molar-refractivity contribution in [3.8, 4) is 0 Å². The number of aromatic nitrogens is 1. The van der Waals surface area contributed by atoms with Gasteiger partial charge in [-0.3, -0.25) is 9.69 Å². The maximum atomic E-state index is 12.5. The van der Waals surface area contributed by atoms with E-state index in [-0.39, 0.29) is 17.9 Å². The van der Waals surface area contributed by atoms with Crippen molar-refractivity contribution >= 4 is 5.91 Å². The summed E-state index contributed by atoms with van der Waals surface area (Å²) in [7, 11) is 2.06. The zero-order valence-electron chi connectivity index (χ0n) is 16.6. The maximum absolute atomic E-state index is 12.5. The fourth-order valence-electron chi connectivity index (χ4n) is 3.86. The van der Waals surface area contributed by atoms with E-state index in [2.05, 4.69) is 58.3 Å². The van der Waals surface area contributed by atoms with Crippen LogP contribution >= 0.6 is 0 Å². The Labute approximate surface area is 165 Å². The van der Waals surface area contributed by atoms with Gasteiger partial charge in [0.2, 0.25) is 0 Å². The molecule has 3 heterocycles. The molecule has 0 radical (unpaired) electrons. The van der Waals surface area contributed by atoms with E-state index in [9.17, 15) is 4.79 Å². The molecule has 28 heavy (non-hydrogen) atoms. The third kappa shape index (κ3) is 4.27. The lowest BCUT2D eigenvalue weighted by molar-refractivity contribution is -0.0176. The number of nitrogens with one attached hydrogen (secondary N) is 1. The van der Waals surface area contributed by atoms with E-state index in [1.165, 1.54) is 5.56 Å². The Morgan fingerprint density at radius 1 is 1.32 bits per heavy atom. The lowest BCUT2D eigenvalue weighted by Crippen LogP contribution is -2.46. The Morgan fingerprint density at radius 3 is 2.93 bits per heavy atom. The van der Waals surface area contributed by atoms with Crippen LogP contribution < -0.4 is 5.32 Å². The van der Waals surface area contributed by atoms with Gasteiger partial charge in [-0.25, -0.2) is 4.98 Å². The molecule has 1 amide bonds. The minimum Gasteiger partial charge on any atom is -0.437 e. The maximum Gasteiger partial charge on any atom is 0.307 e. The number of rotatable bonds is 5. The van der Waals surface area contributed by atoms with E-state index in [0.717, 1.165) is 37.5 Å². The van der Waals surface area contributed by atoms with E-state index in [1.54, 1.807) is 0 Å². The number of likely N-dealkylation sites (N-methyl/N-ethyl adjacent to an activating group) is 1. The monoisotopic (exact) mass is 384 g/mol. The molecular formula is C21H28N4O3. The summed E-state index contributed by atoms with van der Waals surface area (Å²) in [5, 5.41) is 2.90. The fourth-order valence-corrected chi connectivity index (χ4v) is 3.86. The van der Waals surface area contributed by atoms with Crippen LogP contribution in [0.4, 0.5) is 0 Å². The standard InChI is InChI=1S/C21H28N4O3/c1-15(16-6-4-3-5-7-16)25-9-8-19-18(14-25)23-21(28-19)20(26)22-12-17-13-24(2)10-11-27-17/h3-7,15,17H,8-14H2,1-2H3,(H,22,26)/t15-,17-/m0/s1. The Kier molecular flexibility index (Phi) is 5.75. The molecule has 2 atom stereocenters.